The molecule has 1 aromatic carbocycles. The van der Waals surface area contributed by atoms with Gasteiger partial charge in [0.2, 0.25) is 17.8 Å². The first-order chi connectivity index (χ1) is 14.9. The zero-order chi connectivity index (χ0) is 22.0. The quantitative estimate of drug-likeness (QED) is 0.791. The van der Waals surface area contributed by atoms with Crippen molar-refractivity contribution in [1.29, 1.82) is 0 Å². The lowest BCUT2D eigenvalue weighted by Gasteiger charge is -2.27. The van der Waals surface area contributed by atoms with Gasteiger partial charge in [0.25, 0.3) is 0 Å². The summed E-state index contributed by atoms with van der Waals surface area (Å²) in [5.41, 5.74) is 4.79. The van der Waals surface area contributed by atoms with E-state index in [0.29, 0.717) is 32.3 Å². The molecular formula is C23H29N5O3. The van der Waals surface area contributed by atoms with Gasteiger partial charge < -0.3 is 19.9 Å². The summed E-state index contributed by atoms with van der Waals surface area (Å²) in [4.78, 5) is 38.3. The van der Waals surface area contributed by atoms with Gasteiger partial charge in [-0.2, -0.15) is 0 Å². The van der Waals surface area contributed by atoms with Crippen LogP contribution in [0.1, 0.15) is 28.9 Å². The number of rotatable bonds is 5. The summed E-state index contributed by atoms with van der Waals surface area (Å²) in [6, 6.07) is 7.84. The van der Waals surface area contributed by atoms with Crippen molar-refractivity contribution in [3.05, 3.63) is 46.8 Å². The molecule has 0 saturated carbocycles. The van der Waals surface area contributed by atoms with Crippen LogP contribution in [-0.4, -0.2) is 54.6 Å². The third kappa shape index (κ3) is 4.85. The van der Waals surface area contributed by atoms with Crippen molar-refractivity contribution in [2.24, 2.45) is 5.92 Å². The molecule has 8 heteroatoms. The summed E-state index contributed by atoms with van der Waals surface area (Å²) in [5.74, 6) is 0.167. The molecule has 2 amide bonds. The Kier molecular flexibility index (Phi) is 6.18. The fraction of sp³-hybridized carbons (Fsp3) is 0.478. The average molecular weight is 424 g/mol. The molecule has 1 unspecified atom stereocenters. The average Bonchev–Trinajstić information content (AvgIpc) is 3.16. The molecule has 1 N–H and O–H groups in total. The second-order valence-corrected chi connectivity index (χ2v) is 8.29. The highest BCUT2D eigenvalue weighted by atomic mass is 16.5. The number of ether oxygens (including phenoxy) is 1. The molecule has 2 aliphatic heterocycles. The van der Waals surface area contributed by atoms with Crippen molar-refractivity contribution in [2.45, 2.75) is 33.7 Å². The number of aromatic nitrogens is 2. The van der Waals surface area contributed by atoms with Crippen LogP contribution in [0, 0.1) is 26.7 Å². The van der Waals surface area contributed by atoms with Gasteiger partial charge in [-0.1, -0.05) is 6.07 Å². The van der Waals surface area contributed by atoms with Crippen molar-refractivity contribution in [3.8, 4) is 0 Å². The van der Waals surface area contributed by atoms with Crippen LogP contribution < -0.4 is 15.1 Å². The van der Waals surface area contributed by atoms with E-state index in [2.05, 4.69) is 20.2 Å². The minimum absolute atomic E-state index is 0.0177. The smallest absolute Gasteiger partial charge is 0.227 e. The van der Waals surface area contributed by atoms with E-state index in [1.807, 2.05) is 45.0 Å². The number of nitrogens with one attached hydrogen (secondary N) is 1. The predicted molar refractivity (Wildman–Crippen MR) is 118 cm³/mol. The van der Waals surface area contributed by atoms with Gasteiger partial charge in [-0.05, 0) is 50.1 Å². The van der Waals surface area contributed by atoms with E-state index in [1.54, 1.807) is 4.90 Å². The lowest BCUT2D eigenvalue weighted by atomic mass is 10.1. The maximum atomic E-state index is 12.8. The van der Waals surface area contributed by atoms with Gasteiger partial charge >= 0.3 is 0 Å². The molecule has 1 atom stereocenters. The summed E-state index contributed by atoms with van der Waals surface area (Å²) in [6.45, 7) is 9.55. The van der Waals surface area contributed by atoms with Gasteiger partial charge in [-0.15, -0.1) is 0 Å². The highest BCUT2D eigenvalue weighted by molar-refractivity contribution is 6.00. The number of carbonyl (C=O) groups excluding carboxylic acids is 2. The molecule has 2 fully saturated rings. The third-order valence-electron chi connectivity index (χ3n) is 5.93. The molecule has 0 bridgehead atoms. The Hall–Kier alpha value is -3.00. The normalized spacial score (nSPS) is 19.1. The maximum Gasteiger partial charge on any atom is 0.227 e. The van der Waals surface area contributed by atoms with Crippen molar-refractivity contribution >= 4 is 23.5 Å². The van der Waals surface area contributed by atoms with Gasteiger partial charge in [0.15, 0.2) is 0 Å². The number of nitrogens with zero attached hydrogens (tertiary/aromatic N) is 4. The molecular weight excluding hydrogens is 394 g/mol. The van der Waals surface area contributed by atoms with Crippen LogP contribution in [0.3, 0.4) is 0 Å². The molecule has 8 nitrogen and oxygen atoms in total. The number of aryl methyl sites for hydroxylation is 3. The second-order valence-electron chi connectivity index (χ2n) is 8.29. The number of carbonyl (C=O) groups is 2. The van der Waals surface area contributed by atoms with E-state index in [4.69, 9.17) is 4.74 Å². The zero-order valence-corrected chi connectivity index (χ0v) is 18.4. The Labute approximate surface area is 182 Å². The Morgan fingerprint density at radius 1 is 1.13 bits per heavy atom. The molecule has 31 heavy (non-hydrogen) atoms. The number of morpholine rings is 1. The standard InChI is InChI=1S/C23H29N5O3/c1-15-4-5-20(10-16(15)2)28-14-18(12-21(28)29)22(30)24-13-19-11-17(3)25-23(26-19)27-6-8-31-9-7-27/h4-5,10-11,18H,6-9,12-14H2,1-3H3,(H,24,30). The van der Waals surface area contributed by atoms with Crippen molar-refractivity contribution in [1.82, 2.24) is 15.3 Å². The molecule has 164 valence electrons. The van der Waals surface area contributed by atoms with E-state index in [1.165, 1.54) is 5.56 Å². The number of benzene rings is 1. The van der Waals surface area contributed by atoms with Crippen LogP contribution in [0.4, 0.5) is 11.6 Å². The lowest BCUT2D eigenvalue weighted by molar-refractivity contribution is -0.126. The minimum Gasteiger partial charge on any atom is -0.378 e. The maximum absolute atomic E-state index is 12.8. The van der Waals surface area contributed by atoms with Gasteiger partial charge in [0.1, 0.15) is 0 Å². The molecule has 0 radical (unpaired) electrons. The predicted octanol–water partition coefficient (Wildman–Crippen LogP) is 1.91. The minimum atomic E-state index is -0.365. The number of anilines is 2. The van der Waals surface area contributed by atoms with Crippen molar-refractivity contribution in [3.63, 3.8) is 0 Å². The summed E-state index contributed by atoms with van der Waals surface area (Å²) in [5, 5.41) is 2.96. The van der Waals surface area contributed by atoms with Crippen LogP contribution >= 0.6 is 0 Å². The Morgan fingerprint density at radius 2 is 1.90 bits per heavy atom. The number of hydrogen-bond donors (Lipinski definition) is 1. The van der Waals surface area contributed by atoms with E-state index >= 15 is 0 Å². The van der Waals surface area contributed by atoms with E-state index in [-0.39, 0.29) is 24.2 Å². The van der Waals surface area contributed by atoms with Gasteiger partial charge in [-0.3, -0.25) is 9.59 Å². The van der Waals surface area contributed by atoms with Gasteiger partial charge in [0, 0.05) is 37.4 Å². The second kappa shape index (κ2) is 9.01. The molecule has 3 heterocycles. The molecule has 1 aromatic heterocycles. The fourth-order valence-electron chi connectivity index (χ4n) is 3.96. The van der Waals surface area contributed by atoms with Crippen LogP contribution in [0.2, 0.25) is 0 Å². The highest BCUT2D eigenvalue weighted by Gasteiger charge is 2.35. The van der Waals surface area contributed by atoms with Crippen LogP contribution in [0.25, 0.3) is 0 Å². The monoisotopic (exact) mass is 423 g/mol. The Bertz CT molecular complexity index is 987. The van der Waals surface area contributed by atoms with Crippen molar-refractivity contribution in [2.75, 3.05) is 42.6 Å². The molecule has 4 rings (SSSR count). The topological polar surface area (TPSA) is 87.7 Å². The highest BCUT2D eigenvalue weighted by Crippen LogP contribution is 2.27. The molecule has 0 aliphatic carbocycles. The summed E-state index contributed by atoms with van der Waals surface area (Å²) >= 11 is 0. The molecule has 0 spiro atoms. The molecule has 2 aromatic rings. The molecule has 2 saturated heterocycles. The van der Waals surface area contributed by atoms with Crippen LogP contribution in [0.15, 0.2) is 24.3 Å². The van der Waals surface area contributed by atoms with Gasteiger partial charge in [-0.25, -0.2) is 9.97 Å². The van der Waals surface area contributed by atoms with Crippen LogP contribution in [-0.2, 0) is 20.9 Å². The first-order valence-electron chi connectivity index (χ1n) is 10.7. The van der Waals surface area contributed by atoms with Crippen LogP contribution in [0.5, 0.6) is 0 Å². The third-order valence-corrected chi connectivity index (χ3v) is 5.93. The van der Waals surface area contributed by atoms with Gasteiger partial charge in [0.05, 0.1) is 31.4 Å². The largest absolute Gasteiger partial charge is 0.378 e. The molecule has 2 aliphatic rings. The van der Waals surface area contributed by atoms with E-state index < -0.39 is 0 Å². The zero-order valence-electron chi connectivity index (χ0n) is 18.4. The number of amides is 2. The first kappa shape index (κ1) is 21.2. The summed E-state index contributed by atoms with van der Waals surface area (Å²) in [7, 11) is 0. The Morgan fingerprint density at radius 3 is 2.65 bits per heavy atom. The SMILES string of the molecule is Cc1cc(CNC(=O)C2CC(=O)N(c3ccc(C)c(C)c3)C2)nc(N2CCOCC2)n1. The number of hydrogen-bond acceptors (Lipinski definition) is 6. The Balaban J connectivity index is 1.38. The lowest BCUT2D eigenvalue weighted by Crippen LogP contribution is -2.38. The van der Waals surface area contributed by atoms with E-state index in [0.717, 1.165) is 35.7 Å². The first-order valence-corrected chi connectivity index (χ1v) is 10.7. The summed E-state index contributed by atoms with van der Waals surface area (Å²) in [6.07, 6.45) is 0.223. The fourth-order valence-corrected chi connectivity index (χ4v) is 3.96. The summed E-state index contributed by atoms with van der Waals surface area (Å²) < 4.78 is 5.39. The van der Waals surface area contributed by atoms with Crippen molar-refractivity contribution < 1.29 is 14.3 Å². The van der Waals surface area contributed by atoms with E-state index in [9.17, 15) is 9.59 Å².